The van der Waals surface area contributed by atoms with Crippen molar-refractivity contribution in [3.63, 3.8) is 0 Å². The van der Waals surface area contributed by atoms with Crippen molar-refractivity contribution in [2.75, 3.05) is 0 Å². The van der Waals surface area contributed by atoms with Crippen LogP contribution in [0.25, 0.3) is 0 Å². The average Bonchev–Trinajstić information content (AvgIpc) is 2.94. The van der Waals surface area contributed by atoms with Crippen molar-refractivity contribution in [3.8, 4) is 0 Å². The Balaban J connectivity index is 2.04. The average molecular weight is 346 g/mol. The van der Waals surface area contributed by atoms with Gasteiger partial charge in [-0.3, -0.25) is 10.1 Å². The van der Waals surface area contributed by atoms with Crippen LogP contribution < -0.4 is 0 Å². The van der Waals surface area contributed by atoms with Crippen molar-refractivity contribution < 1.29 is 23.2 Å². The van der Waals surface area contributed by atoms with Crippen molar-refractivity contribution in [1.29, 1.82) is 0 Å². The minimum absolute atomic E-state index is 0.0682. The van der Waals surface area contributed by atoms with Gasteiger partial charge in [0, 0.05) is 23.2 Å². The molecule has 0 saturated carbocycles. The molecule has 0 fully saturated rings. The second kappa shape index (κ2) is 7.27. The molecule has 2 rings (SSSR count). The van der Waals surface area contributed by atoms with E-state index in [4.69, 9.17) is 4.74 Å². The molecule has 0 aliphatic rings. The van der Waals surface area contributed by atoms with Crippen molar-refractivity contribution in [2.24, 2.45) is 0 Å². The third-order valence-electron chi connectivity index (χ3n) is 2.38. The fraction of sp³-hybridized carbons (Fsp3) is 0.167. The Hall–Kier alpha value is -2.07. The summed E-state index contributed by atoms with van der Waals surface area (Å²) in [5.41, 5.74) is 0.384. The van der Waals surface area contributed by atoms with Gasteiger partial charge in [0.1, 0.15) is 11.6 Å². The van der Waals surface area contributed by atoms with Crippen molar-refractivity contribution >= 4 is 34.1 Å². The van der Waals surface area contributed by atoms with E-state index in [9.17, 15) is 23.7 Å². The number of esters is 1. The first-order valence-electron chi connectivity index (χ1n) is 5.76. The number of hydrogen-bond donors (Lipinski definition) is 0. The number of nitro groups is 1. The SMILES string of the molecule is O=C(OCc1csc([N+](=O)[O-])c1)c1cccnc1SC(F)F. The van der Waals surface area contributed by atoms with Gasteiger partial charge in [-0.1, -0.05) is 11.3 Å². The highest BCUT2D eigenvalue weighted by Crippen LogP contribution is 2.27. The molecule has 2 heterocycles. The summed E-state index contributed by atoms with van der Waals surface area (Å²) in [6, 6.07) is 4.05. The minimum Gasteiger partial charge on any atom is -0.457 e. The number of carbonyl (C=O) groups excluding carboxylic acids is 1. The van der Waals surface area contributed by atoms with Gasteiger partial charge in [-0.2, -0.15) is 8.78 Å². The fourth-order valence-electron chi connectivity index (χ4n) is 1.49. The van der Waals surface area contributed by atoms with Gasteiger partial charge in [0.05, 0.1) is 10.5 Å². The van der Waals surface area contributed by atoms with Crippen LogP contribution in [-0.2, 0) is 11.3 Å². The zero-order valence-corrected chi connectivity index (χ0v) is 12.4. The van der Waals surface area contributed by atoms with E-state index >= 15 is 0 Å². The number of nitrogens with zero attached hydrogens (tertiary/aromatic N) is 2. The number of halogens is 2. The number of hydrogen-bond acceptors (Lipinski definition) is 7. The summed E-state index contributed by atoms with van der Waals surface area (Å²) in [6.07, 6.45) is 1.30. The van der Waals surface area contributed by atoms with Gasteiger partial charge in [-0.05, 0) is 23.9 Å². The molecule has 0 bridgehead atoms. The van der Waals surface area contributed by atoms with Gasteiger partial charge in [0.2, 0.25) is 0 Å². The molecular formula is C12H8F2N2O4S2. The van der Waals surface area contributed by atoms with Crippen LogP contribution in [0.5, 0.6) is 0 Å². The molecule has 0 N–H and O–H groups in total. The molecule has 0 aromatic carbocycles. The molecule has 0 amide bonds. The van der Waals surface area contributed by atoms with Crippen molar-refractivity contribution in [3.05, 3.63) is 51.0 Å². The zero-order valence-electron chi connectivity index (χ0n) is 10.8. The molecule has 116 valence electrons. The lowest BCUT2D eigenvalue weighted by molar-refractivity contribution is -0.380. The van der Waals surface area contributed by atoms with Gasteiger partial charge in [0.25, 0.3) is 5.76 Å². The number of thiophene rings is 1. The lowest BCUT2D eigenvalue weighted by Gasteiger charge is -2.07. The molecule has 0 aliphatic heterocycles. The highest BCUT2D eigenvalue weighted by Gasteiger charge is 2.18. The summed E-state index contributed by atoms with van der Waals surface area (Å²) < 4.78 is 29.8. The second-order valence-corrected chi connectivity index (χ2v) is 5.73. The number of aromatic nitrogens is 1. The lowest BCUT2D eigenvalue weighted by Crippen LogP contribution is -2.07. The third-order valence-corrected chi connectivity index (χ3v) is 4.04. The molecule has 0 unspecified atom stereocenters. The molecule has 10 heteroatoms. The first-order valence-corrected chi connectivity index (χ1v) is 7.52. The quantitative estimate of drug-likeness (QED) is 0.343. The summed E-state index contributed by atoms with van der Waals surface area (Å²) in [7, 11) is 0. The van der Waals surface area contributed by atoms with E-state index in [0.717, 1.165) is 11.3 Å². The normalized spacial score (nSPS) is 10.7. The standard InChI is InChI=1S/C12H8F2N2O4S2/c13-12(14)22-10-8(2-1-3-15-10)11(17)20-5-7-4-9(16(18)19)21-6-7/h1-4,6,12H,5H2. The van der Waals surface area contributed by atoms with E-state index in [0.29, 0.717) is 5.56 Å². The molecule has 0 saturated heterocycles. The molecule has 0 atom stereocenters. The Bertz CT molecular complexity index is 693. The summed E-state index contributed by atoms with van der Waals surface area (Å²) in [5.74, 6) is -3.52. The maximum atomic E-state index is 12.4. The summed E-state index contributed by atoms with van der Waals surface area (Å²) in [5, 5.41) is 11.8. The Morgan fingerprint density at radius 2 is 2.32 bits per heavy atom. The van der Waals surface area contributed by atoms with Crippen LogP contribution >= 0.6 is 23.1 Å². The minimum atomic E-state index is -2.71. The lowest BCUT2D eigenvalue weighted by atomic mass is 10.3. The summed E-state index contributed by atoms with van der Waals surface area (Å²) >= 11 is 1.06. The molecule has 0 radical (unpaired) electrons. The van der Waals surface area contributed by atoms with E-state index in [1.165, 1.54) is 29.8 Å². The Labute approximate surface area is 131 Å². The van der Waals surface area contributed by atoms with Gasteiger partial charge < -0.3 is 4.74 Å². The van der Waals surface area contributed by atoms with E-state index in [2.05, 4.69) is 4.98 Å². The van der Waals surface area contributed by atoms with Crippen molar-refractivity contribution in [2.45, 2.75) is 17.4 Å². The molecule has 2 aromatic rings. The molecular weight excluding hydrogens is 338 g/mol. The number of carbonyl (C=O) groups is 1. The predicted octanol–water partition coefficient (Wildman–Crippen LogP) is 3.72. The van der Waals surface area contributed by atoms with Crippen molar-refractivity contribution in [1.82, 2.24) is 4.98 Å². The maximum absolute atomic E-state index is 12.4. The number of pyridine rings is 1. The molecule has 0 aliphatic carbocycles. The van der Waals surface area contributed by atoms with Crippen LogP contribution in [0, 0.1) is 10.1 Å². The Morgan fingerprint density at radius 1 is 1.55 bits per heavy atom. The molecule has 6 nitrogen and oxygen atoms in total. The van der Waals surface area contributed by atoms with Crippen LogP contribution in [0.2, 0.25) is 0 Å². The van der Waals surface area contributed by atoms with Crippen LogP contribution in [0.4, 0.5) is 13.8 Å². The number of alkyl halides is 2. The first-order chi connectivity index (χ1) is 10.5. The Kier molecular flexibility index (Phi) is 5.39. The van der Waals surface area contributed by atoms with Crippen LogP contribution in [0.15, 0.2) is 34.8 Å². The van der Waals surface area contributed by atoms with E-state index in [1.54, 1.807) is 0 Å². The first kappa shape index (κ1) is 16.3. The van der Waals surface area contributed by atoms with Gasteiger partial charge in [-0.15, -0.1) is 0 Å². The number of ether oxygens (including phenoxy) is 1. The highest BCUT2D eigenvalue weighted by atomic mass is 32.2. The highest BCUT2D eigenvalue weighted by molar-refractivity contribution is 7.99. The monoisotopic (exact) mass is 346 g/mol. The van der Waals surface area contributed by atoms with Gasteiger partial charge in [0.15, 0.2) is 0 Å². The topological polar surface area (TPSA) is 82.3 Å². The zero-order chi connectivity index (χ0) is 16.1. The summed E-state index contributed by atoms with van der Waals surface area (Å²) in [6.45, 7) is -0.184. The molecule has 22 heavy (non-hydrogen) atoms. The second-order valence-electron chi connectivity index (χ2n) is 3.86. The fourth-order valence-corrected chi connectivity index (χ4v) is 2.77. The van der Waals surface area contributed by atoms with Gasteiger partial charge in [-0.25, -0.2) is 9.78 Å². The molecule has 0 spiro atoms. The summed E-state index contributed by atoms with van der Waals surface area (Å²) in [4.78, 5) is 25.6. The van der Waals surface area contributed by atoms with Gasteiger partial charge >= 0.3 is 11.0 Å². The van der Waals surface area contributed by atoms with Crippen LogP contribution in [0.1, 0.15) is 15.9 Å². The smallest absolute Gasteiger partial charge is 0.341 e. The van der Waals surface area contributed by atoms with Crippen LogP contribution in [0.3, 0.4) is 0 Å². The largest absolute Gasteiger partial charge is 0.457 e. The Morgan fingerprint density at radius 3 is 2.95 bits per heavy atom. The molecule has 2 aromatic heterocycles. The van der Waals surface area contributed by atoms with E-state index < -0.39 is 16.7 Å². The van der Waals surface area contributed by atoms with E-state index in [1.807, 2.05) is 0 Å². The predicted molar refractivity (Wildman–Crippen MR) is 76.2 cm³/mol. The van der Waals surface area contributed by atoms with Crippen LogP contribution in [-0.4, -0.2) is 21.6 Å². The number of rotatable bonds is 6. The third kappa shape index (κ3) is 4.21. The maximum Gasteiger partial charge on any atom is 0.341 e. The van der Waals surface area contributed by atoms with E-state index in [-0.39, 0.29) is 34.0 Å². The number of thioether (sulfide) groups is 1.